The van der Waals surface area contributed by atoms with Crippen molar-refractivity contribution in [3.05, 3.63) is 53.3 Å². The Morgan fingerprint density at radius 2 is 1.77 bits per heavy atom. The summed E-state index contributed by atoms with van der Waals surface area (Å²) in [5.74, 6) is 0.613. The molecule has 3 atom stereocenters. The van der Waals surface area contributed by atoms with Gasteiger partial charge in [-0.05, 0) is 54.4 Å². The van der Waals surface area contributed by atoms with Gasteiger partial charge in [0.05, 0.1) is 0 Å². The Balaban J connectivity index is 2.17. The van der Waals surface area contributed by atoms with Crippen LogP contribution in [-0.2, 0) is 5.41 Å². The molecule has 118 valence electrons. The number of anilines is 1. The molecule has 2 nitrogen and oxygen atoms in total. The molecular formula is C20H28N2. The number of benzene rings is 1. The molecule has 2 aliphatic carbocycles. The monoisotopic (exact) mass is 296 g/mol. The van der Waals surface area contributed by atoms with Crippen molar-refractivity contribution in [2.45, 2.75) is 51.9 Å². The van der Waals surface area contributed by atoms with Crippen molar-refractivity contribution < 1.29 is 0 Å². The van der Waals surface area contributed by atoms with E-state index < -0.39 is 0 Å². The summed E-state index contributed by atoms with van der Waals surface area (Å²) in [7, 11) is 0. The van der Waals surface area contributed by atoms with Crippen LogP contribution in [0.5, 0.6) is 0 Å². The summed E-state index contributed by atoms with van der Waals surface area (Å²) in [5.41, 5.74) is 17.2. The first-order valence-corrected chi connectivity index (χ1v) is 8.49. The molecular weight excluding hydrogens is 268 g/mol. The van der Waals surface area contributed by atoms with Gasteiger partial charge in [0.2, 0.25) is 0 Å². The van der Waals surface area contributed by atoms with Crippen LogP contribution in [0, 0.1) is 11.3 Å². The van der Waals surface area contributed by atoms with Crippen molar-refractivity contribution in [2.75, 3.05) is 5.73 Å². The van der Waals surface area contributed by atoms with E-state index >= 15 is 0 Å². The summed E-state index contributed by atoms with van der Waals surface area (Å²) in [4.78, 5) is 0. The zero-order chi connectivity index (χ0) is 16.0. The number of allylic oxidation sites excluding steroid dienone is 3. The van der Waals surface area contributed by atoms with Crippen LogP contribution in [0.3, 0.4) is 0 Å². The average Bonchev–Trinajstić information content (AvgIpc) is 2.78. The van der Waals surface area contributed by atoms with E-state index in [2.05, 4.69) is 45.1 Å². The fourth-order valence-corrected chi connectivity index (χ4v) is 4.74. The molecule has 3 rings (SSSR count). The topological polar surface area (TPSA) is 52.0 Å². The highest BCUT2D eigenvalue weighted by atomic mass is 14.6. The van der Waals surface area contributed by atoms with E-state index in [9.17, 15) is 0 Å². The molecule has 1 aromatic rings. The van der Waals surface area contributed by atoms with Gasteiger partial charge in [0.1, 0.15) is 0 Å². The quantitative estimate of drug-likeness (QED) is 0.805. The first kappa shape index (κ1) is 15.2. The molecule has 2 heteroatoms. The highest BCUT2D eigenvalue weighted by molar-refractivity contribution is 5.50. The molecule has 1 saturated carbocycles. The Bertz CT molecular complexity index is 626. The third kappa shape index (κ3) is 2.08. The number of nitrogen functional groups attached to an aromatic ring is 1. The van der Waals surface area contributed by atoms with Gasteiger partial charge >= 0.3 is 0 Å². The standard InChI is InChI=1S/C20H28N2/c1-4-19(3)13-20(5-2,14-6-8-15(21)9-7-14)18-12-16(22)10-11-17(18)19/h6-10,12,17H,4-5,11,13,21-22H2,1-3H3. The van der Waals surface area contributed by atoms with Crippen LogP contribution in [0.2, 0.25) is 0 Å². The van der Waals surface area contributed by atoms with Crippen LogP contribution < -0.4 is 11.5 Å². The Kier molecular flexibility index (Phi) is 3.58. The lowest BCUT2D eigenvalue weighted by molar-refractivity contribution is 0.222. The average molecular weight is 296 g/mol. The molecule has 2 aliphatic rings. The molecule has 0 saturated heterocycles. The smallest absolute Gasteiger partial charge is 0.0314 e. The second kappa shape index (κ2) is 5.19. The van der Waals surface area contributed by atoms with E-state index in [1.54, 1.807) is 5.57 Å². The summed E-state index contributed by atoms with van der Waals surface area (Å²) in [6.45, 7) is 7.09. The Labute approximate surface area is 134 Å². The summed E-state index contributed by atoms with van der Waals surface area (Å²) >= 11 is 0. The van der Waals surface area contributed by atoms with Gasteiger partial charge in [0, 0.05) is 16.8 Å². The van der Waals surface area contributed by atoms with Crippen LogP contribution in [-0.4, -0.2) is 0 Å². The maximum absolute atomic E-state index is 6.16. The fraction of sp³-hybridized carbons (Fsp3) is 0.500. The van der Waals surface area contributed by atoms with E-state index in [4.69, 9.17) is 11.5 Å². The number of hydrogen-bond acceptors (Lipinski definition) is 2. The van der Waals surface area contributed by atoms with Gasteiger partial charge in [-0.15, -0.1) is 0 Å². The Morgan fingerprint density at radius 1 is 1.09 bits per heavy atom. The molecule has 1 aromatic carbocycles. The molecule has 4 N–H and O–H groups in total. The maximum atomic E-state index is 6.16. The predicted octanol–water partition coefficient (Wildman–Crippen LogP) is 4.53. The minimum atomic E-state index is 0.113. The van der Waals surface area contributed by atoms with Crippen LogP contribution >= 0.6 is 0 Å². The normalized spacial score (nSPS) is 34.0. The Morgan fingerprint density at radius 3 is 2.36 bits per heavy atom. The van der Waals surface area contributed by atoms with Gasteiger partial charge < -0.3 is 11.5 Å². The van der Waals surface area contributed by atoms with Crippen LogP contribution in [0.1, 0.15) is 52.0 Å². The third-order valence-corrected chi connectivity index (χ3v) is 6.26. The molecule has 0 heterocycles. The molecule has 0 aromatic heterocycles. The Hall–Kier alpha value is -1.70. The summed E-state index contributed by atoms with van der Waals surface area (Å²) in [5, 5.41) is 0. The van der Waals surface area contributed by atoms with Gasteiger partial charge in [0.25, 0.3) is 0 Å². The molecule has 3 unspecified atom stereocenters. The summed E-state index contributed by atoms with van der Waals surface area (Å²) < 4.78 is 0. The van der Waals surface area contributed by atoms with Crippen molar-refractivity contribution >= 4 is 5.69 Å². The molecule has 0 aliphatic heterocycles. The molecule has 1 fully saturated rings. The van der Waals surface area contributed by atoms with Crippen molar-refractivity contribution in [2.24, 2.45) is 17.1 Å². The van der Waals surface area contributed by atoms with Gasteiger partial charge in [-0.2, -0.15) is 0 Å². The van der Waals surface area contributed by atoms with Crippen LogP contribution in [0.25, 0.3) is 0 Å². The van der Waals surface area contributed by atoms with Gasteiger partial charge in [-0.3, -0.25) is 0 Å². The van der Waals surface area contributed by atoms with Crippen molar-refractivity contribution in [3.8, 4) is 0 Å². The zero-order valence-electron chi connectivity index (χ0n) is 14.0. The number of hydrogen-bond donors (Lipinski definition) is 2. The molecule has 0 bridgehead atoms. The number of rotatable bonds is 3. The van der Waals surface area contributed by atoms with Crippen molar-refractivity contribution in [1.82, 2.24) is 0 Å². The zero-order valence-corrected chi connectivity index (χ0v) is 14.0. The minimum Gasteiger partial charge on any atom is -0.399 e. The predicted molar refractivity (Wildman–Crippen MR) is 94.3 cm³/mol. The molecule has 0 spiro atoms. The van der Waals surface area contributed by atoms with Gasteiger partial charge in [-0.1, -0.05) is 51.0 Å². The second-order valence-electron chi connectivity index (χ2n) is 7.33. The van der Waals surface area contributed by atoms with Crippen molar-refractivity contribution in [1.29, 1.82) is 0 Å². The third-order valence-electron chi connectivity index (χ3n) is 6.26. The van der Waals surface area contributed by atoms with Gasteiger partial charge in [-0.25, -0.2) is 0 Å². The second-order valence-corrected chi connectivity index (χ2v) is 7.33. The first-order chi connectivity index (χ1) is 10.4. The maximum Gasteiger partial charge on any atom is 0.0314 e. The number of nitrogens with two attached hydrogens (primary N) is 2. The van der Waals surface area contributed by atoms with E-state index in [-0.39, 0.29) is 5.41 Å². The molecule has 22 heavy (non-hydrogen) atoms. The minimum absolute atomic E-state index is 0.113. The highest BCUT2D eigenvalue weighted by Crippen LogP contribution is 2.62. The van der Waals surface area contributed by atoms with Crippen molar-refractivity contribution in [3.63, 3.8) is 0 Å². The fourth-order valence-electron chi connectivity index (χ4n) is 4.74. The number of fused-ring (bicyclic) bond motifs is 1. The molecule has 0 amide bonds. The highest BCUT2D eigenvalue weighted by Gasteiger charge is 2.54. The lowest BCUT2D eigenvalue weighted by Gasteiger charge is -2.33. The van der Waals surface area contributed by atoms with Gasteiger partial charge in [0.15, 0.2) is 0 Å². The van der Waals surface area contributed by atoms with E-state index in [1.807, 2.05) is 12.1 Å². The SMILES string of the molecule is CCC1(c2ccc(N)cc2)CC(C)(CC)C2CC=C(N)C=C21. The van der Waals surface area contributed by atoms with Crippen LogP contribution in [0.4, 0.5) is 5.69 Å². The lowest BCUT2D eigenvalue weighted by atomic mass is 9.71. The molecule has 0 radical (unpaired) electrons. The summed E-state index contributed by atoms with van der Waals surface area (Å²) in [6, 6.07) is 8.50. The lowest BCUT2D eigenvalue weighted by Crippen LogP contribution is -2.26. The van der Waals surface area contributed by atoms with E-state index in [0.717, 1.165) is 24.2 Å². The summed E-state index contributed by atoms with van der Waals surface area (Å²) in [6.07, 6.45) is 9.07. The van der Waals surface area contributed by atoms with Crippen LogP contribution in [0.15, 0.2) is 47.7 Å². The van der Waals surface area contributed by atoms with E-state index in [0.29, 0.717) is 11.3 Å². The van der Waals surface area contributed by atoms with E-state index in [1.165, 1.54) is 18.4 Å². The largest absolute Gasteiger partial charge is 0.399 e. The first-order valence-electron chi connectivity index (χ1n) is 8.49.